The van der Waals surface area contributed by atoms with Crippen LogP contribution >= 0.6 is 0 Å². The number of rotatable bonds is 5. The molecule has 1 amide bonds. The Bertz CT molecular complexity index is 400. The zero-order valence-electron chi connectivity index (χ0n) is 10.4. The predicted octanol–water partition coefficient (Wildman–Crippen LogP) is 1.62. The molecule has 1 aliphatic rings. The van der Waals surface area contributed by atoms with Crippen LogP contribution in [0.2, 0.25) is 0 Å². The molecule has 4 nitrogen and oxygen atoms in total. The third-order valence-electron chi connectivity index (χ3n) is 3.19. The second-order valence-corrected chi connectivity index (χ2v) is 4.57. The van der Waals surface area contributed by atoms with E-state index < -0.39 is 6.61 Å². The number of amides is 1. The summed E-state index contributed by atoms with van der Waals surface area (Å²) in [6.07, 6.45) is 4.98. The number of benzene rings is 1. The van der Waals surface area contributed by atoms with Crippen LogP contribution in [0.15, 0.2) is 24.3 Å². The summed E-state index contributed by atoms with van der Waals surface area (Å²) in [5, 5.41) is 11.3. The SMILES string of the molecule is O=C(CO)NCc1ccccc1OC1CCCC1. The van der Waals surface area contributed by atoms with Crippen LogP contribution in [0.3, 0.4) is 0 Å². The van der Waals surface area contributed by atoms with Gasteiger partial charge in [0.05, 0.1) is 6.10 Å². The number of aliphatic hydroxyl groups excluding tert-OH is 1. The van der Waals surface area contributed by atoms with E-state index >= 15 is 0 Å². The molecule has 4 heteroatoms. The average Bonchev–Trinajstić information content (AvgIpc) is 2.90. The fraction of sp³-hybridized carbons (Fsp3) is 0.500. The van der Waals surface area contributed by atoms with Crippen LogP contribution in [0.4, 0.5) is 0 Å². The molecule has 0 radical (unpaired) electrons. The van der Waals surface area contributed by atoms with E-state index in [-0.39, 0.29) is 5.91 Å². The van der Waals surface area contributed by atoms with Gasteiger partial charge >= 0.3 is 0 Å². The smallest absolute Gasteiger partial charge is 0.245 e. The Morgan fingerprint density at radius 3 is 2.78 bits per heavy atom. The summed E-state index contributed by atoms with van der Waals surface area (Å²) in [6, 6.07) is 7.71. The van der Waals surface area contributed by atoms with Crippen molar-refractivity contribution in [2.24, 2.45) is 0 Å². The molecule has 1 fully saturated rings. The molecule has 98 valence electrons. The lowest BCUT2D eigenvalue weighted by Gasteiger charge is -2.16. The molecular formula is C14H19NO3. The fourth-order valence-corrected chi connectivity index (χ4v) is 2.20. The summed E-state index contributed by atoms with van der Waals surface area (Å²) >= 11 is 0. The Labute approximate surface area is 107 Å². The number of carbonyl (C=O) groups excluding carboxylic acids is 1. The first-order chi connectivity index (χ1) is 8.79. The van der Waals surface area contributed by atoms with E-state index in [1.165, 1.54) is 12.8 Å². The molecule has 2 rings (SSSR count). The lowest BCUT2D eigenvalue weighted by atomic mass is 10.2. The number of hydrogen-bond donors (Lipinski definition) is 2. The van der Waals surface area contributed by atoms with Crippen LogP contribution in [-0.2, 0) is 11.3 Å². The minimum Gasteiger partial charge on any atom is -0.490 e. The first-order valence-electron chi connectivity index (χ1n) is 6.41. The van der Waals surface area contributed by atoms with E-state index in [1.807, 2.05) is 24.3 Å². The molecule has 0 atom stereocenters. The molecule has 0 aliphatic heterocycles. The molecular weight excluding hydrogens is 230 g/mol. The highest BCUT2D eigenvalue weighted by atomic mass is 16.5. The van der Waals surface area contributed by atoms with Gasteiger partial charge in [0, 0.05) is 12.1 Å². The van der Waals surface area contributed by atoms with Crippen molar-refractivity contribution in [2.45, 2.75) is 38.3 Å². The largest absolute Gasteiger partial charge is 0.490 e. The molecule has 2 N–H and O–H groups in total. The zero-order chi connectivity index (χ0) is 12.8. The van der Waals surface area contributed by atoms with Gasteiger partial charge in [0.1, 0.15) is 12.4 Å². The lowest BCUT2D eigenvalue weighted by molar-refractivity contribution is -0.123. The van der Waals surface area contributed by atoms with Crippen molar-refractivity contribution >= 4 is 5.91 Å². The van der Waals surface area contributed by atoms with Crippen molar-refractivity contribution in [3.05, 3.63) is 29.8 Å². The van der Waals surface area contributed by atoms with Gasteiger partial charge in [-0.05, 0) is 31.7 Å². The van der Waals surface area contributed by atoms with Gasteiger partial charge in [0.15, 0.2) is 0 Å². The maximum atomic E-state index is 11.0. The first kappa shape index (κ1) is 12.9. The van der Waals surface area contributed by atoms with Gasteiger partial charge in [-0.1, -0.05) is 18.2 Å². The summed E-state index contributed by atoms with van der Waals surface area (Å²) in [5.74, 6) is 0.466. The summed E-state index contributed by atoms with van der Waals surface area (Å²) in [6.45, 7) is -0.0893. The van der Waals surface area contributed by atoms with E-state index in [9.17, 15) is 4.79 Å². The van der Waals surface area contributed by atoms with Crippen molar-refractivity contribution in [3.8, 4) is 5.75 Å². The average molecular weight is 249 g/mol. The number of para-hydroxylation sites is 1. The second-order valence-electron chi connectivity index (χ2n) is 4.57. The van der Waals surface area contributed by atoms with E-state index in [0.29, 0.717) is 12.6 Å². The molecule has 0 heterocycles. The fourth-order valence-electron chi connectivity index (χ4n) is 2.20. The number of ether oxygens (including phenoxy) is 1. The van der Waals surface area contributed by atoms with Crippen molar-refractivity contribution in [3.63, 3.8) is 0 Å². The normalized spacial score (nSPS) is 15.6. The van der Waals surface area contributed by atoms with Gasteiger partial charge in [-0.3, -0.25) is 4.79 Å². The van der Waals surface area contributed by atoms with Crippen molar-refractivity contribution < 1.29 is 14.6 Å². The second kappa shape index (κ2) is 6.40. The number of nitrogens with one attached hydrogen (secondary N) is 1. The van der Waals surface area contributed by atoms with Crippen molar-refractivity contribution in [1.82, 2.24) is 5.32 Å². The molecule has 0 aromatic heterocycles. The number of aliphatic hydroxyl groups is 1. The van der Waals surface area contributed by atoms with Gasteiger partial charge < -0.3 is 15.2 Å². The Balaban J connectivity index is 1.98. The van der Waals surface area contributed by atoms with Crippen molar-refractivity contribution in [1.29, 1.82) is 0 Å². The maximum Gasteiger partial charge on any atom is 0.245 e. The third kappa shape index (κ3) is 3.47. The van der Waals surface area contributed by atoms with Gasteiger partial charge in [0.2, 0.25) is 5.91 Å². The summed E-state index contributed by atoms with van der Waals surface area (Å²) in [5.41, 5.74) is 0.950. The molecule has 0 saturated heterocycles. The van der Waals surface area contributed by atoms with E-state index in [2.05, 4.69) is 5.32 Å². The Kier molecular flexibility index (Phi) is 4.59. The van der Waals surface area contributed by atoms with E-state index in [4.69, 9.17) is 9.84 Å². The molecule has 18 heavy (non-hydrogen) atoms. The van der Waals surface area contributed by atoms with Crippen LogP contribution in [0.25, 0.3) is 0 Å². The quantitative estimate of drug-likeness (QED) is 0.833. The predicted molar refractivity (Wildman–Crippen MR) is 68.3 cm³/mol. The maximum absolute atomic E-state index is 11.0. The Morgan fingerprint density at radius 1 is 1.33 bits per heavy atom. The minimum atomic E-state index is -0.481. The topological polar surface area (TPSA) is 58.6 Å². The molecule has 0 bridgehead atoms. The van der Waals surface area contributed by atoms with E-state index in [1.54, 1.807) is 0 Å². The van der Waals surface area contributed by atoms with Crippen LogP contribution < -0.4 is 10.1 Å². The highest BCUT2D eigenvalue weighted by Crippen LogP contribution is 2.26. The first-order valence-corrected chi connectivity index (χ1v) is 6.41. The number of carbonyl (C=O) groups is 1. The standard InChI is InChI=1S/C14H19NO3/c16-10-14(17)15-9-11-5-1-4-8-13(11)18-12-6-2-3-7-12/h1,4-5,8,12,16H,2-3,6-7,9-10H2,(H,15,17). The van der Waals surface area contributed by atoms with Gasteiger partial charge in [-0.15, -0.1) is 0 Å². The summed E-state index contributed by atoms with van der Waals surface area (Å²) < 4.78 is 5.96. The van der Waals surface area contributed by atoms with Crippen molar-refractivity contribution in [2.75, 3.05) is 6.61 Å². The number of hydrogen-bond acceptors (Lipinski definition) is 3. The molecule has 1 aliphatic carbocycles. The third-order valence-corrected chi connectivity index (χ3v) is 3.19. The van der Waals surface area contributed by atoms with Gasteiger partial charge in [-0.25, -0.2) is 0 Å². The van der Waals surface area contributed by atoms with Gasteiger partial charge in [-0.2, -0.15) is 0 Å². The zero-order valence-corrected chi connectivity index (χ0v) is 10.4. The highest BCUT2D eigenvalue weighted by Gasteiger charge is 2.17. The minimum absolute atomic E-state index is 0.305. The highest BCUT2D eigenvalue weighted by molar-refractivity contribution is 5.76. The molecule has 1 aromatic carbocycles. The molecule has 1 aromatic rings. The van der Waals surface area contributed by atoms with Crippen LogP contribution in [0.5, 0.6) is 5.75 Å². The molecule has 0 spiro atoms. The molecule has 0 unspecified atom stereocenters. The van der Waals surface area contributed by atoms with Crippen LogP contribution in [0.1, 0.15) is 31.2 Å². The Morgan fingerprint density at radius 2 is 2.06 bits per heavy atom. The monoisotopic (exact) mass is 249 g/mol. The Hall–Kier alpha value is -1.55. The summed E-state index contributed by atoms with van der Waals surface area (Å²) in [7, 11) is 0. The van der Waals surface area contributed by atoms with Crippen LogP contribution in [0, 0.1) is 0 Å². The summed E-state index contributed by atoms with van der Waals surface area (Å²) in [4.78, 5) is 11.0. The van der Waals surface area contributed by atoms with Gasteiger partial charge in [0.25, 0.3) is 0 Å². The molecule has 1 saturated carbocycles. The van der Waals surface area contributed by atoms with Crippen LogP contribution in [-0.4, -0.2) is 23.7 Å². The lowest BCUT2D eigenvalue weighted by Crippen LogP contribution is -2.26. The van der Waals surface area contributed by atoms with E-state index in [0.717, 1.165) is 24.2 Å².